The number of aromatic nitrogens is 9. The predicted octanol–water partition coefficient (Wildman–Crippen LogP) is 21.6. The van der Waals surface area contributed by atoms with Crippen LogP contribution in [0.3, 0.4) is 0 Å². The smallest absolute Gasteiger partial charge is 0.225 e. The van der Waals surface area contributed by atoms with Crippen LogP contribution in [0.4, 0.5) is 17.6 Å². The van der Waals surface area contributed by atoms with Crippen molar-refractivity contribution in [1.29, 1.82) is 0 Å². The summed E-state index contributed by atoms with van der Waals surface area (Å²) >= 11 is 0. The molecule has 0 unspecified atom stereocenters. The number of rotatable bonds is 17. The average Bonchev–Trinajstić information content (AvgIpc) is 0.838. The van der Waals surface area contributed by atoms with Crippen molar-refractivity contribution in [3.63, 3.8) is 0 Å². The third kappa shape index (κ3) is 30.5. The lowest BCUT2D eigenvalue weighted by Crippen LogP contribution is -2.37. The molecule has 3 aliphatic rings. The third-order valence-corrected chi connectivity index (χ3v) is 18.3. The second-order valence-electron chi connectivity index (χ2n) is 31.8. The fourth-order valence-corrected chi connectivity index (χ4v) is 10.7. The molecule has 15 nitrogen and oxygen atoms in total. The van der Waals surface area contributed by atoms with Gasteiger partial charge in [0.15, 0.2) is 0 Å². The van der Waals surface area contributed by atoms with Crippen LogP contribution in [0.5, 0.6) is 0 Å². The Bertz CT molecular complexity index is 2890. The minimum Gasteiger partial charge on any atom is -0.378 e. The van der Waals surface area contributed by atoms with Gasteiger partial charge in [0.25, 0.3) is 0 Å². The van der Waals surface area contributed by atoms with Crippen LogP contribution in [-0.4, -0.2) is 124 Å². The normalized spacial score (nSPS) is 14.1. The van der Waals surface area contributed by atoms with Gasteiger partial charge in [-0.25, -0.2) is 29.9 Å². The van der Waals surface area contributed by atoms with E-state index in [1.807, 2.05) is 24.8 Å². The monoisotopic (exact) mass is 1400 g/mol. The Morgan fingerprint density at radius 3 is 0.814 bits per heavy atom. The number of anilines is 3. The van der Waals surface area contributed by atoms with E-state index in [9.17, 15) is 0 Å². The van der Waals surface area contributed by atoms with Crippen molar-refractivity contribution in [2.24, 2.45) is 0 Å². The molecule has 10 heterocycles. The summed E-state index contributed by atoms with van der Waals surface area (Å²) in [5, 5.41) is 0. The van der Waals surface area contributed by atoms with Crippen molar-refractivity contribution in [3.8, 4) is 0 Å². The van der Waals surface area contributed by atoms with Crippen molar-refractivity contribution < 1.29 is 14.2 Å². The first-order valence-corrected chi connectivity index (χ1v) is 38.8. The summed E-state index contributed by atoms with van der Waals surface area (Å²) in [5.41, 5.74) is 17.5. The van der Waals surface area contributed by atoms with E-state index in [-0.39, 0.29) is 0 Å². The lowest BCUT2D eigenvalue weighted by Gasteiger charge is -2.29. The summed E-state index contributed by atoms with van der Waals surface area (Å²) in [4.78, 5) is 47.2. The molecule has 0 aromatic carbocycles. The minimum atomic E-state index is 0.435. The van der Waals surface area contributed by atoms with Crippen molar-refractivity contribution in [1.82, 2.24) is 44.9 Å². The van der Waals surface area contributed by atoms with Crippen molar-refractivity contribution in [2.45, 2.75) is 277 Å². The Morgan fingerprint density at radius 2 is 0.520 bits per heavy atom. The molecule has 0 amide bonds. The van der Waals surface area contributed by atoms with Gasteiger partial charge in [0, 0.05) is 110 Å². The van der Waals surface area contributed by atoms with Gasteiger partial charge in [-0.1, -0.05) is 200 Å². The zero-order chi connectivity index (χ0) is 75.9. The second kappa shape index (κ2) is 44.8. The van der Waals surface area contributed by atoms with Crippen LogP contribution in [0, 0.1) is 0 Å². The molecule has 3 aliphatic heterocycles. The van der Waals surface area contributed by atoms with E-state index < -0.39 is 0 Å². The molecule has 0 N–H and O–H groups in total. The maximum Gasteiger partial charge on any atom is 0.225 e. The molecule has 0 bridgehead atoms. The first-order chi connectivity index (χ1) is 48.2. The largest absolute Gasteiger partial charge is 0.378 e. The van der Waals surface area contributed by atoms with Gasteiger partial charge in [0.05, 0.1) is 39.6 Å². The fourth-order valence-electron chi connectivity index (χ4n) is 10.7. The molecule has 0 spiro atoms. The Labute approximate surface area is 620 Å². The lowest BCUT2D eigenvalue weighted by atomic mass is 9.99. The number of morpholine rings is 3. The van der Waals surface area contributed by atoms with E-state index in [4.69, 9.17) is 34.1 Å². The molecule has 0 radical (unpaired) electrons. The second-order valence-corrected chi connectivity index (χ2v) is 31.8. The zero-order valence-corrected chi connectivity index (χ0v) is 68.9. The highest BCUT2D eigenvalue weighted by Gasteiger charge is 2.21. The van der Waals surface area contributed by atoms with Crippen LogP contribution in [0.25, 0.3) is 0 Å². The van der Waals surface area contributed by atoms with E-state index in [1.165, 1.54) is 56.2 Å². The summed E-state index contributed by atoms with van der Waals surface area (Å²) < 4.78 is 16.2. The van der Waals surface area contributed by atoms with Crippen LogP contribution in [0.15, 0.2) is 97.8 Å². The highest BCUT2D eigenvalue weighted by atomic mass is 16.5. The van der Waals surface area contributed by atoms with Crippen LogP contribution in [-0.2, 0) is 14.2 Å². The van der Waals surface area contributed by atoms with Crippen LogP contribution < -0.4 is 14.7 Å². The van der Waals surface area contributed by atoms with E-state index in [2.05, 4.69) is 300 Å². The number of nitrogens with zero attached hydrogens (tertiary/aromatic N) is 12. The van der Waals surface area contributed by atoms with Crippen molar-refractivity contribution in [3.05, 3.63) is 177 Å². The fraction of sp³-hybridized carbons (Fsp3) is 0.621. The van der Waals surface area contributed by atoms with Crippen LogP contribution in [0.2, 0.25) is 0 Å². The van der Waals surface area contributed by atoms with Gasteiger partial charge in [-0.2, -0.15) is 0 Å². The Hall–Kier alpha value is -6.81. The molecular formula is C87H138N12O3. The highest BCUT2D eigenvalue weighted by molar-refractivity contribution is 5.46. The van der Waals surface area contributed by atoms with Gasteiger partial charge in [-0.3, -0.25) is 15.0 Å². The summed E-state index contributed by atoms with van der Waals surface area (Å²) in [5.74, 6) is 10.4. The molecule has 0 saturated carbocycles. The Kier molecular flexibility index (Phi) is 38.4. The van der Waals surface area contributed by atoms with Gasteiger partial charge in [-0.05, 0) is 177 Å². The summed E-state index contributed by atoms with van der Waals surface area (Å²) in [7, 11) is 0. The van der Waals surface area contributed by atoms with E-state index >= 15 is 0 Å². The first kappa shape index (κ1) is 87.6. The molecule has 15 heteroatoms. The maximum atomic E-state index is 5.41. The molecule has 0 atom stereocenters. The van der Waals surface area contributed by atoms with Crippen LogP contribution >= 0.6 is 0 Å². The molecule has 102 heavy (non-hydrogen) atoms. The molecule has 7 aromatic heterocycles. The summed E-state index contributed by atoms with van der Waals surface area (Å²) in [6, 6.07) is 24.1. The van der Waals surface area contributed by atoms with Gasteiger partial charge < -0.3 is 28.9 Å². The summed E-state index contributed by atoms with van der Waals surface area (Å²) in [6.07, 6.45) is 9.38. The Balaban J connectivity index is 0.000000254. The molecular weight excluding hydrogens is 1260 g/mol. The molecule has 7 aromatic rings. The topological polar surface area (TPSA) is 153 Å². The van der Waals surface area contributed by atoms with Crippen molar-refractivity contribution in [2.75, 3.05) is 93.6 Å². The number of hydrogen-bond donors (Lipinski definition) is 0. The van der Waals surface area contributed by atoms with Gasteiger partial charge in [-0.15, -0.1) is 0 Å². The van der Waals surface area contributed by atoms with Gasteiger partial charge in [0.2, 0.25) is 5.95 Å². The predicted molar refractivity (Wildman–Crippen MR) is 432 cm³/mol. The van der Waals surface area contributed by atoms with E-state index in [0.717, 1.165) is 119 Å². The molecule has 10 rings (SSSR count). The zero-order valence-electron chi connectivity index (χ0n) is 68.9. The van der Waals surface area contributed by atoms with Crippen LogP contribution in [0.1, 0.15) is 356 Å². The molecule has 0 aliphatic carbocycles. The molecule has 3 fully saturated rings. The number of hydrogen-bond acceptors (Lipinski definition) is 15. The van der Waals surface area contributed by atoms with Crippen molar-refractivity contribution >= 4 is 17.6 Å². The number of ether oxygens (including phenoxy) is 3. The van der Waals surface area contributed by atoms with Gasteiger partial charge in [0.1, 0.15) is 18.0 Å². The third-order valence-electron chi connectivity index (χ3n) is 18.3. The molecule has 564 valence electrons. The van der Waals surface area contributed by atoms with Gasteiger partial charge >= 0.3 is 0 Å². The maximum absolute atomic E-state index is 5.41. The standard InChI is InChI=1S/2C15H24N2O.C14H23N3O.3C11H17N.C10H16N2/c2*1-11(2)13-9-14(12(3)4)16-15(10-13)17-5-7-18-8-6-17;1-10(2)12-9-13(11(3)4)16-14(15-12)17-5-7-18-8-6-17;1-8(2)10-5-11(9(3)4)7-12-6-10;2*1-8(2)10-5-6-12-11(7-10)9(3)4;1-7(2)9-5-10(8(3)4)12-6-11-9/h2*9-12H,5-8H2,1-4H3;9-11H,5-8H2,1-4H3;3*5-9H,1-4H3;5-8H,1-4H3. The number of pyridine rings is 5. The average molecular weight is 1400 g/mol. The highest BCUT2D eigenvalue weighted by Crippen LogP contribution is 2.29. The quantitative estimate of drug-likeness (QED) is 0.0849. The van der Waals surface area contributed by atoms with E-state index in [1.54, 1.807) is 6.33 Å². The minimum absolute atomic E-state index is 0.435. The summed E-state index contributed by atoms with van der Waals surface area (Å²) in [6.45, 7) is 71.7. The Morgan fingerprint density at radius 1 is 0.255 bits per heavy atom. The van der Waals surface area contributed by atoms with E-state index in [0.29, 0.717) is 82.9 Å². The molecule has 3 saturated heterocycles. The lowest BCUT2D eigenvalue weighted by molar-refractivity contribution is 0.122. The SMILES string of the molecule is CC(C)c1cc(C(C)C)nc(N2CCOCC2)c1.CC(C)c1cc(C(C)C)nc(N2CCOCC2)c1.CC(C)c1cc(C(C)C)nc(N2CCOCC2)n1.CC(C)c1cc(C(C)C)ncn1.CC(C)c1ccnc(C(C)C)c1.CC(C)c1ccnc(C(C)C)c1.CC(C)c1cncc(C(C)C)c1. The first-order valence-electron chi connectivity index (χ1n) is 38.8.